The van der Waals surface area contributed by atoms with Crippen LogP contribution in [0.3, 0.4) is 0 Å². The molecule has 0 saturated carbocycles. The van der Waals surface area contributed by atoms with Gasteiger partial charge in [0.25, 0.3) is 0 Å². The summed E-state index contributed by atoms with van der Waals surface area (Å²) in [6.07, 6.45) is 2.59. The first-order valence-electron chi connectivity index (χ1n) is 4.99. The Bertz CT molecular complexity index is 181. The second-order valence-electron chi connectivity index (χ2n) is 4.25. The van der Waals surface area contributed by atoms with Crippen LogP contribution in [0.15, 0.2) is 0 Å². The Morgan fingerprint density at radius 1 is 1.42 bits per heavy atom. The Balaban J connectivity index is 2.18. The highest BCUT2D eigenvalue weighted by Gasteiger charge is 2.50. The van der Waals surface area contributed by atoms with Crippen LogP contribution in [0.25, 0.3) is 0 Å². The number of rotatable bonds is 1. The SMILES string of the molecule is CC[C@@]12OC[C@@H](O1)[C@@H](C)C[C@H]2C. The molecule has 0 aliphatic carbocycles. The van der Waals surface area contributed by atoms with Crippen molar-refractivity contribution in [1.29, 1.82) is 0 Å². The molecule has 0 spiro atoms. The molecule has 0 N–H and O–H groups in total. The Labute approximate surface area is 74.2 Å². The van der Waals surface area contributed by atoms with E-state index in [0.717, 1.165) is 13.0 Å². The van der Waals surface area contributed by atoms with E-state index in [-0.39, 0.29) is 5.79 Å². The van der Waals surface area contributed by atoms with E-state index >= 15 is 0 Å². The zero-order chi connectivity index (χ0) is 8.77. The number of hydrogen-bond donors (Lipinski definition) is 0. The molecule has 2 aliphatic rings. The molecule has 2 saturated heterocycles. The van der Waals surface area contributed by atoms with Gasteiger partial charge in [-0.1, -0.05) is 20.8 Å². The molecule has 2 fully saturated rings. The summed E-state index contributed by atoms with van der Waals surface area (Å²) in [6.45, 7) is 7.45. The fraction of sp³-hybridized carbons (Fsp3) is 1.00. The van der Waals surface area contributed by atoms with E-state index in [9.17, 15) is 0 Å². The monoisotopic (exact) mass is 170 g/mol. The number of hydrogen-bond acceptors (Lipinski definition) is 2. The summed E-state index contributed by atoms with van der Waals surface area (Å²) in [4.78, 5) is 0. The van der Waals surface area contributed by atoms with Crippen LogP contribution in [0.5, 0.6) is 0 Å². The lowest BCUT2D eigenvalue weighted by molar-refractivity contribution is -0.229. The van der Waals surface area contributed by atoms with Gasteiger partial charge in [0.15, 0.2) is 5.79 Å². The van der Waals surface area contributed by atoms with E-state index in [1.807, 2.05) is 0 Å². The molecule has 4 atom stereocenters. The molecule has 70 valence electrons. The molecule has 0 aromatic carbocycles. The molecule has 2 rings (SSSR count). The van der Waals surface area contributed by atoms with Gasteiger partial charge in [0.05, 0.1) is 12.7 Å². The van der Waals surface area contributed by atoms with E-state index in [4.69, 9.17) is 9.47 Å². The van der Waals surface area contributed by atoms with Gasteiger partial charge in [-0.2, -0.15) is 0 Å². The van der Waals surface area contributed by atoms with Crippen molar-refractivity contribution < 1.29 is 9.47 Å². The highest BCUT2D eigenvalue weighted by atomic mass is 16.7. The smallest absolute Gasteiger partial charge is 0.171 e. The van der Waals surface area contributed by atoms with Crippen molar-refractivity contribution >= 4 is 0 Å². The first-order chi connectivity index (χ1) is 5.68. The molecule has 0 amide bonds. The van der Waals surface area contributed by atoms with E-state index < -0.39 is 0 Å². The third-order valence-electron chi connectivity index (χ3n) is 3.45. The van der Waals surface area contributed by atoms with Gasteiger partial charge in [-0.25, -0.2) is 0 Å². The standard InChI is InChI=1S/C10H18O2/c1-4-10-8(3)5-7(2)9(12-10)6-11-10/h7-9H,4-6H2,1-3H3/t7-,8+,9+,10+/m0/s1. The Morgan fingerprint density at radius 3 is 2.83 bits per heavy atom. The molecular formula is C10H18O2. The number of fused-ring (bicyclic) bond motifs is 2. The highest BCUT2D eigenvalue weighted by molar-refractivity contribution is 4.91. The molecule has 0 unspecified atom stereocenters. The van der Waals surface area contributed by atoms with Gasteiger partial charge >= 0.3 is 0 Å². The summed E-state index contributed by atoms with van der Waals surface area (Å²) in [5, 5.41) is 0. The second kappa shape index (κ2) is 2.71. The molecule has 0 radical (unpaired) electrons. The molecule has 2 heteroatoms. The first kappa shape index (κ1) is 8.52. The van der Waals surface area contributed by atoms with Gasteiger partial charge in [0.2, 0.25) is 0 Å². The third kappa shape index (κ3) is 1.01. The van der Waals surface area contributed by atoms with Crippen molar-refractivity contribution in [2.75, 3.05) is 6.61 Å². The van der Waals surface area contributed by atoms with Gasteiger partial charge < -0.3 is 9.47 Å². The van der Waals surface area contributed by atoms with E-state index in [1.54, 1.807) is 0 Å². The maximum Gasteiger partial charge on any atom is 0.171 e. The van der Waals surface area contributed by atoms with Crippen molar-refractivity contribution in [1.82, 2.24) is 0 Å². The minimum atomic E-state index is -0.225. The summed E-state index contributed by atoms with van der Waals surface area (Å²) in [5.41, 5.74) is 0. The van der Waals surface area contributed by atoms with Gasteiger partial charge in [-0.3, -0.25) is 0 Å². The summed E-state index contributed by atoms with van der Waals surface area (Å²) in [7, 11) is 0. The summed E-state index contributed by atoms with van der Waals surface area (Å²) in [5.74, 6) is 0.996. The highest BCUT2D eigenvalue weighted by Crippen LogP contribution is 2.44. The zero-order valence-corrected chi connectivity index (χ0v) is 8.17. The quantitative estimate of drug-likeness (QED) is 0.600. The van der Waals surface area contributed by atoms with Crippen molar-refractivity contribution in [3.8, 4) is 0 Å². The Hall–Kier alpha value is -0.0800. The van der Waals surface area contributed by atoms with Crippen LogP contribution in [0.2, 0.25) is 0 Å². The average Bonchev–Trinajstić information content (AvgIpc) is 2.44. The molecule has 2 heterocycles. The van der Waals surface area contributed by atoms with Gasteiger partial charge in [-0.05, 0) is 18.8 Å². The maximum atomic E-state index is 5.94. The fourth-order valence-corrected chi connectivity index (χ4v) is 2.51. The molecule has 2 bridgehead atoms. The normalized spacial score (nSPS) is 52.8. The Morgan fingerprint density at radius 2 is 2.17 bits per heavy atom. The second-order valence-corrected chi connectivity index (χ2v) is 4.25. The van der Waals surface area contributed by atoms with Gasteiger partial charge in [-0.15, -0.1) is 0 Å². The van der Waals surface area contributed by atoms with Crippen LogP contribution < -0.4 is 0 Å². The van der Waals surface area contributed by atoms with Gasteiger partial charge in [0, 0.05) is 5.92 Å². The predicted molar refractivity (Wildman–Crippen MR) is 46.8 cm³/mol. The molecule has 2 aliphatic heterocycles. The third-order valence-corrected chi connectivity index (χ3v) is 3.45. The molecule has 0 aromatic rings. The average molecular weight is 170 g/mol. The van der Waals surface area contributed by atoms with Crippen LogP contribution in [-0.2, 0) is 9.47 Å². The van der Waals surface area contributed by atoms with Crippen molar-refractivity contribution in [3.05, 3.63) is 0 Å². The zero-order valence-electron chi connectivity index (χ0n) is 8.17. The van der Waals surface area contributed by atoms with E-state index in [2.05, 4.69) is 20.8 Å². The van der Waals surface area contributed by atoms with Crippen LogP contribution in [0.1, 0.15) is 33.6 Å². The molecule has 12 heavy (non-hydrogen) atoms. The minimum absolute atomic E-state index is 0.225. The Kier molecular flexibility index (Phi) is 1.92. The van der Waals surface area contributed by atoms with E-state index in [0.29, 0.717) is 17.9 Å². The summed E-state index contributed by atoms with van der Waals surface area (Å²) >= 11 is 0. The lowest BCUT2D eigenvalue weighted by Crippen LogP contribution is -2.43. The van der Waals surface area contributed by atoms with Crippen LogP contribution in [0, 0.1) is 11.8 Å². The van der Waals surface area contributed by atoms with Crippen LogP contribution >= 0.6 is 0 Å². The van der Waals surface area contributed by atoms with E-state index in [1.165, 1.54) is 6.42 Å². The largest absolute Gasteiger partial charge is 0.347 e. The molecular weight excluding hydrogens is 152 g/mol. The van der Waals surface area contributed by atoms with Crippen molar-refractivity contribution in [2.45, 2.75) is 45.5 Å². The van der Waals surface area contributed by atoms with Crippen molar-refractivity contribution in [3.63, 3.8) is 0 Å². The molecule has 0 aromatic heterocycles. The summed E-state index contributed by atoms with van der Waals surface area (Å²) in [6, 6.07) is 0. The first-order valence-corrected chi connectivity index (χ1v) is 4.99. The van der Waals surface area contributed by atoms with Crippen LogP contribution in [-0.4, -0.2) is 18.5 Å². The number of ether oxygens (including phenoxy) is 2. The van der Waals surface area contributed by atoms with Crippen LogP contribution in [0.4, 0.5) is 0 Å². The summed E-state index contributed by atoms with van der Waals surface area (Å²) < 4.78 is 11.7. The maximum absolute atomic E-state index is 5.94. The van der Waals surface area contributed by atoms with Gasteiger partial charge in [0.1, 0.15) is 0 Å². The lowest BCUT2D eigenvalue weighted by atomic mass is 9.84. The fourth-order valence-electron chi connectivity index (χ4n) is 2.51. The lowest BCUT2D eigenvalue weighted by Gasteiger charge is -2.39. The minimum Gasteiger partial charge on any atom is -0.347 e. The predicted octanol–water partition coefficient (Wildman–Crippen LogP) is 2.18. The topological polar surface area (TPSA) is 18.5 Å². The molecule has 2 nitrogen and oxygen atoms in total. The van der Waals surface area contributed by atoms with Crippen molar-refractivity contribution in [2.24, 2.45) is 11.8 Å².